The minimum absolute atomic E-state index is 0.0571. The second-order valence-electron chi connectivity index (χ2n) is 10.3. The zero-order chi connectivity index (χ0) is 23.7. The van der Waals surface area contributed by atoms with Gasteiger partial charge in [0.25, 0.3) is 5.91 Å². The van der Waals surface area contributed by atoms with E-state index < -0.39 is 6.61 Å². The maximum Gasteiger partial charge on any atom is 0.387 e. The summed E-state index contributed by atoms with van der Waals surface area (Å²) in [6, 6.07) is 13.4. The molecule has 0 spiro atoms. The van der Waals surface area contributed by atoms with Crippen molar-refractivity contribution in [1.29, 1.82) is 0 Å². The van der Waals surface area contributed by atoms with Crippen LogP contribution in [0.2, 0.25) is 0 Å². The SMILES string of the molecule is O=C(NCc1cccc(OC(F)F)c1)c1ccc(CNC(=O)C23CC4CC(CC(C4)C2)C3)cc1. The van der Waals surface area contributed by atoms with E-state index in [0.29, 0.717) is 17.7 Å². The molecule has 0 heterocycles. The number of hydrogen-bond acceptors (Lipinski definition) is 3. The highest BCUT2D eigenvalue weighted by molar-refractivity contribution is 5.94. The van der Waals surface area contributed by atoms with Crippen LogP contribution >= 0.6 is 0 Å². The molecule has 6 rings (SSSR count). The molecule has 4 bridgehead atoms. The first kappa shape index (κ1) is 22.8. The van der Waals surface area contributed by atoms with Gasteiger partial charge in [0.1, 0.15) is 5.75 Å². The normalized spacial score (nSPS) is 27.0. The van der Waals surface area contributed by atoms with Gasteiger partial charge in [0.05, 0.1) is 0 Å². The molecule has 7 heteroatoms. The van der Waals surface area contributed by atoms with E-state index >= 15 is 0 Å². The lowest BCUT2D eigenvalue weighted by molar-refractivity contribution is -0.146. The number of rotatable bonds is 8. The molecule has 2 amide bonds. The molecule has 0 aliphatic heterocycles. The molecule has 4 fully saturated rings. The van der Waals surface area contributed by atoms with E-state index in [4.69, 9.17) is 0 Å². The van der Waals surface area contributed by atoms with Crippen LogP contribution < -0.4 is 15.4 Å². The number of carbonyl (C=O) groups is 2. The van der Waals surface area contributed by atoms with Gasteiger partial charge in [-0.15, -0.1) is 0 Å². The maximum atomic E-state index is 13.1. The van der Waals surface area contributed by atoms with Crippen molar-refractivity contribution in [1.82, 2.24) is 10.6 Å². The highest BCUT2D eigenvalue weighted by Gasteiger charge is 2.54. The Morgan fingerprint density at radius 3 is 2.12 bits per heavy atom. The summed E-state index contributed by atoms with van der Waals surface area (Å²) in [6.07, 6.45) is 7.06. The van der Waals surface area contributed by atoms with Gasteiger partial charge >= 0.3 is 6.61 Å². The lowest BCUT2D eigenvalue weighted by Gasteiger charge is -2.55. The average molecular weight is 469 g/mol. The smallest absolute Gasteiger partial charge is 0.387 e. The Labute approximate surface area is 198 Å². The van der Waals surface area contributed by atoms with Gasteiger partial charge in [-0.3, -0.25) is 9.59 Å². The Balaban J connectivity index is 1.12. The number of nitrogens with one attached hydrogen (secondary N) is 2. The van der Waals surface area contributed by atoms with Crippen molar-refractivity contribution in [3.63, 3.8) is 0 Å². The van der Waals surface area contributed by atoms with Crippen LogP contribution in [-0.4, -0.2) is 18.4 Å². The minimum atomic E-state index is -2.89. The summed E-state index contributed by atoms with van der Waals surface area (Å²) in [6.45, 7) is -2.23. The Morgan fingerprint density at radius 2 is 1.50 bits per heavy atom. The van der Waals surface area contributed by atoms with Crippen molar-refractivity contribution in [2.45, 2.75) is 58.2 Å². The Morgan fingerprint density at radius 1 is 0.882 bits per heavy atom. The van der Waals surface area contributed by atoms with E-state index in [2.05, 4.69) is 15.4 Å². The fraction of sp³-hybridized carbons (Fsp3) is 0.481. The summed E-state index contributed by atoms with van der Waals surface area (Å²) in [7, 11) is 0. The average Bonchev–Trinajstić information content (AvgIpc) is 2.80. The van der Waals surface area contributed by atoms with Gasteiger partial charge in [-0.25, -0.2) is 0 Å². The second-order valence-corrected chi connectivity index (χ2v) is 10.3. The van der Waals surface area contributed by atoms with Crippen LogP contribution in [0, 0.1) is 23.2 Å². The molecule has 5 nitrogen and oxygen atoms in total. The molecule has 2 aromatic rings. The number of carbonyl (C=O) groups excluding carboxylic acids is 2. The largest absolute Gasteiger partial charge is 0.435 e. The van der Waals surface area contributed by atoms with Crippen LogP contribution in [-0.2, 0) is 17.9 Å². The van der Waals surface area contributed by atoms with Gasteiger partial charge in [-0.1, -0.05) is 24.3 Å². The molecular weight excluding hydrogens is 438 g/mol. The topological polar surface area (TPSA) is 67.4 Å². The Hall–Kier alpha value is -2.96. The van der Waals surface area contributed by atoms with Crippen molar-refractivity contribution in [2.75, 3.05) is 0 Å². The lowest BCUT2D eigenvalue weighted by atomic mass is 9.49. The van der Waals surface area contributed by atoms with Crippen LogP contribution in [0.3, 0.4) is 0 Å². The summed E-state index contributed by atoms with van der Waals surface area (Å²) in [5, 5.41) is 5.95. The van der Waals surface area contributed by atoms with Gasteiger partial charge in [0.15, 0.2) is 0 Å². The number of alkyl halides is 2. The van der Waals surface area contributed by atoms with E-state index in [1.54, 1.807) is 24.3 Å². The van der Waals surface area contributed by atoms with Crippen LogP contribution in [0.25, 0.3) is 0 Å². The molecular formula is C27H30F2N2O3. The molecule has 2 aromatic carbocycles. The van der Waals surface area contributed by atoms with E-state index in [1.165, 1.54) is 31.4 Å². The Bertz CT molecular complexity index is 1020. The summed E-state index contributed by atoms with van der Waals surface area (Å²) < 4.78 is 29.1. The number of amides is 2. The standard InChI is InChI=1S/C27H30F2N2O3/c28-26(29)34-23-3-1-2-18(11-23)16-30-24(32)22-6-4-17(5-7-22)15-31-25(33)27-12-19-8-20(13-27)10-21(9-19)14-27/h1-7,11,19-21,26H,8-10,12-16H2,(H,30,32)(H,31,33). The van der Waals surface area contributed by atoms with Crippen molar-refractivity contribution < 1.29 is 23.1 Å². The van der Waals surface area contributed by atoms with Gasteiger partial charge in [-0.2, -0.15) is 8.78 Å². The van der Waals surface area contributed by atoms with Crippen LogP contribution in [0.5, 0.6) is 5.75 Å². The van der Waals surface area contributed by atoms with E-state index in [1.807, 2.05) is 12.1 Å². The summed E-state index contributed by atoms with van der Waals surface area (Å²) >= 11 is 0. The predicted octanol–water partition coefficient (Wildman–Crippen LogP) is 5.05. The zero-order valence-electron chi connectivity index (χ0n) is 19.1. The number of halogens is 2. The predicted molar refractivity (Wildman–Crippen MR) is 123 cm³/mol. The molecule has 180 valence electrons. The first-order valence-corrected chi connectivity index (χ1v) is 12.1. The van der Waals surface area contributed by atoms with Gasteiger partial charge in [-0.05, 0) is 91.7 Å². The molecule has 2 N–H and O–H groups in total. The molecule has 4 aliphatic rings. The molecule has 0 radical (unpaired) electrons. The van der Waals surface area contributed by atoms with E-state index in [9.17, 15) is 18.4 Å². The number of hydrogen-bond donors (Lipinski definition) is 2. The van der Waals surface area contributed by atoms with Gasteiger partial charge in [0, 0.05) is 24.1 Å². The monoisotopic (exact) mass is 468 g/mol. The molecule has 0 unspecified atom stereocenters. The van der Waals surface area contributed by atoms with E-state index in [0.717, 1.165) is 42.6 Å². The molecule has 4 aliphatic carbocycles. The summed E-state index contributed by atoms with van der Waals surface area (Å²) in [5.41, 5.74) is 1.95. The Kier molecular flexibility index (Phi) is 6.28. The molecule has 34 heavy (non-hydrogen) atoms. The molecule has 0 atom stereocenters. The van der Waals surface area contributed by atoms with Crippen molar-refractivity contribution in [3.8, 4) is 5.75 Å². The first-order chi connectivity index (χ1) is 16.4. The van der Waals surface area contributed by atoms with Crippen molar-refractivity contribution in [2.24, 2.45) is 23.2 Å². The third-order valence-electron chi connectivity index (χ3n) is 7.77. The number of benzene rings is 2. The molecule has 4 saturated carbocycles. The second kappa shape index (κ2) is 9.35. The summed E-state index contributed by atoms with van der Waals surface area (Å²) in [5.74, 6) is 2.19. The highest BCUT2D eigenvalue weighted by atomic mass is 19.3. The van der Waals surface area contributed by atoms with Gasteiger partial charge < -0.3 is 15.4 Å². The quantitative estimate of drug-likeness (QED) is 0.570. The van der Waals surface area contributed by atoms with Crippen molar-refractivity contribution >= 4 is 11.8 Å². The first-order valence-electron chi connectivity index (χ1n) is 12.1. The number of ether oxygens (including phenoxy) is 1. The van der Waals surface area contributed by atoms with Crippen LogP contribution in [0.1, 0.15) is 60.0 Å². The fourth-order valence-electron chi connectivity index (χ4n) is 6.65. The fourth-order valence-corrected chi connectivity index (χ4v) is 6.65. The third kappa shape index (κ3) is 4.93. The highest BCUT2D eigenvalue weighted by Crippen LogP contribution is 2.60. The van der Waals surface area contributed by atoms with Crippen molar-refractivity contribution in [3.05, 3.63) is 65.2 Å². The lowest BCUT2D eigenvalue weighted by Crippen LogP contribution is -2.53. The van der Waals surface area contributed by atoms with Gasteiger partial charge in [0.2, 0.25) is 5.91 Å². The molecule has 0 saturated heterocycles. The third-order valence-corrected chi connectivity index (χ3v) is 7.77. The van der Waals surface area contributed by atoms with E-state index in [-0.39, 0.29) is 29.5 Å². The maximum absolute atomic E-state index is 13.1. The minimum Gasteiger partial charge on any atom is -0.435 e. The molecule has 0 aromatic heterocycles. The zero-order valence-corrected chi connectivity index (χ0v) is 19.1. The summed E-state index contributed by atoms with van der Waals surface area (Å²) in [4.78, 5) is 25.6. The van der Waals surface area contributed by atoms with Crippen LogP contribution in [0.4, 0.5) is 8.78 Å². The van der Waals surface area contributed by atoms with Crippen LogP contribution in [0.15, 0.2) is 48.5 Å².